The number of fused-ring (bicyclic) bond motifs is 2. The Kier molecular flexibility index (Phi) is 4.80. The average Bonchev–Trinajstić information content (AvgIpc) is 2.95. The number of aromatic amines is 1. The van der Waals surface area contributed by atoms with Crippen LogP contribution < -0.4 is 5.43 Å². The first-order valence-electron chi connectivity index (χ1n) is 9.32. The Morgan fingerprint density at radius 1 is 1.33 bits per heavy atom. The van der Waals surface area contributed by atoms with E-state index < -0.39 is 11.9 Å². The molecule has 2 N–H and O–H groups in total. The van der Waals surface area contributed by atoms with Crippen LogP contribution in [0.3, 0.4) is 0 Å². The van der Waals surface area contributed by atoms with Crippen molar-refractivity contribution in [3.05, 3.63) is 63.5 Å². The van der Waals surface area contributed by atoms with Crippen molar-refractivity contribution in [2.24, 2.45) is 0 Å². The lowest BCUT2D eigenvalue weighted by molar-refractivity contribution is 0.167. The molecule has 0 saturated carbocycles. The molecular formula is C20H23FN4O2. The monoisotopic (exact) mass is 370 g/mol. The normalized spacial score (nSPS) is 16.3. The number of aliphatic hydroxyl groups excluding tert-OH is 1. The first-order valence-corrected chi connectivity index (χ1v) is 9.32. The third-order valence-corrected chi connectivity index (χ3v) is 5.10. The van der Waals surface area contributed by atoms with Gasteiger partial charge < -0.3 is 10.1 Å². The van der Waals surface area contributed by atoms with E-state index in [9.17, 15) is 14.3 Å². The standard InChI is InChI=1S/C20H23FN4O2/c1-2-18(26)17-10-14-12-24(7-4-8-25(14)23-17)11-13-9-19(27)15-5-3-6-16(21)20(15)22-13/h3,5-6,9-10,18,26H,2,4,7-8,11-12H2,1H3,(H,22,27)/t18-/m0/s1. The molecule has 6 nitrogen and oxygen atoms in total. The van der Waals surface area contributed by atoms with E-state index in [0.29, 0.717) is 36.3 Å². The fourth-order valence-electron chi connectivity index (χ4n) is 3.67. The molecule has 142 valence electrons. The number of aliphatic hydroxyl groups is 1. The summed E-state index contributed by atoms with van der Waals surface area (Å²) in [7, 11) is 0. The van der Waals surface area contributed by atoms with Gasteiger partial charge in [-0.25, -0.2) is 4.39 Å². The molecule has 0 fully saturated rings. The zero-order valence-corrected chi connectivity index (χ0v) is 15.3. The van der Waals surface area contributed by atoms with Crippen LogP contribution in [0.25, 0.3) is 10.9 Å². The second-order valence-electron chi connectivity index (χ2n) is 7.09. The van der Waals surface area contributed by atoms with Crippen LogP contribution in [0.5, 0.6) is 0 Å². The second-order valence-corrected chi connectivity index (χ2v) is 7.09. The number of rotatable bonds is 4. The molecular weight excluding hydrogens is 347 g/mol. The highest BCUT2D eigenvalue weighted by molar-refractivity contribution is 5.78. The van der Waals surface area contributed by atoms with Gasteiger partial charge in [-0.3, -0.25) is 14.4 Å². The van der Waals surface area contributed by atoms with Crippen molar-refractivity contribution >= 4 is 10.9 Å². The molecule has 3 aromatic rings. The molecule has 1 atom stereocenters. The lowest BCUT2D eigenvalue weighted by atomic mass is 10.1. The van der Waals surface area contributed by atoms with Gasteiger partial charge in [-0.1, -0.05) is 13.0 Å². The molecule has 7 heteroatoms. The molecule has 0 spiro atoms. The van der Waals surface area contributed by atoms with E-state index in [2.05, 4.69) is 15.0 Å². The Bertz CT molecular complexity index is 1030. The van der Waals surface area contributed by atoms with Gasteiger partial charge in [0, 0.05) is 43.3 Å². The molecule has 4 rings (SSSR count). The van der Waals surface area contributed by atoms with E-state index in [1.165, 1.54) is 6.07 Å². The number of nitrogens with one attached hydrogen (secondary N) is 1. The predicted molar refractivity (Wildman–Crippen MR) is 101 cm³/mol. The van der Waals surface area contributed by atoms with Crippen LogP contribution in [-0.2, 0) is 19.6 Å². The largest absolute Gasteiger partial charge is 0.387 e. The Hall–Kier alpha value is -2.51. The molecule has 27 heavy (non-hydrogen) atoms. The van der Waals surface area contributed by atoms with Crippen LogP contribution in [0, 0.1) is 5.82 Å². The number of aromatic nitrogens is 3. The van der Waals surface area contributed by atoms with Crippen LogP contribution in [0.2, 0.25) is 0 Å². The minimum absolute atomic E-state index is 0.175. The summed E-state index contributed by atoms with van der Waals surface area (Å²) < 4.78 is 16.0. The highest BCUT2D eigenvalue weighted by Gasteiger charge is 2.19. The second kappa shape index (κ2) is 7.25. The lowest BCUT2D eigenvalue weighted by Crippen LogP contribution is -2.24. The maximum atomic E-state index is 14.1. The summed E-state index contributed by atoms with van der Waals surface area (Å²) in [6.45, 7) is 4.77. The van der Waals surface area contributed by atoms with Gasteiger partial charge in [0.25, 0.3) is 0 Å². The SMILES string of the molecule is CC[C@H](O)c1cc2n(n1)CCCN(Cc1cc(=O)c3cccc(F)c3[nH]1)C2. The molecule has 0 saturated heterocycles. The maximum Gasteiger partial charge on any atom is 0.189 e. The van der Waals surface area contributed by atoms with E-state index in [1.54, 1.807) is 18.2 Å². The van der Waals surface area contributed by atoms with E-state index in [1.807, 2.05) is 17.7 Å². The molecule has 3 heterocycles. The number of hydrogen-bond acceptors (Lipinski definition) is 4. The van der Waals surface area contributed by atoms with Crippen molar-refractivity contribution in [1.29, 1.82) is 0 Å². The topological polar surface area (TPSA) is 74.2 Å². The summed E-state index contributed by atoms with van der Waals surface area (Å²) in [5.74, 6) is -0.418. The van der Waals surface area contributed by atoms with Crippen LogP contribution in [-0.4, -0.2) is 31.3 Å². The lowest BCUT2D eigenvalue weighted by Gasteiger charge is -2.19. The summed E-state index contributed by atoms with van der Waals surface area (Å²) >= 11 is 0. The zero-order chi connectivity index (χ0) is 19.0. The molecule has 0 amide bonds. The highest BCUT2D eigenvalue weighted by Crippen LogP contribution is 2.21. The van der Waals surface area contributed by atoms with Crippen molar-refractivity contribution in [2.45, 2.75) is 45.5 Å². The van der Waals surface area contributed by atoms with Gasteiger partial charge in [0.1, 0.15) is 5.82 Å². The van der Waals surface area contributed by atoms with Gasteiger partial charge in [-0.15, -0.1) is 0 Å². The van der Waals surface area contributed by atoms with Crippen LogP contribution in [0.15, 0.2) is 35.1 Å². The van der Waals surface area contributed by atoms with E-state index >= 15 is 0 Å². The number of aryl methyl sites for hydroxylation is 1. The van der Waals surface area contributed by atoms with Gasteiger partial charge in [-0.05, 0) is 31.0 Å². The highest BCUT2D eigenvalue weighted by atomic mass is 19.1. The molecule has 1 aromatic carbocycles. The fraction of sp³-hybridized carbons (Fsp3) is 0.400. The van der Waals surface area contributed by atoms with E-state index in [-0.39, 0.29) is 10.9 Å². The van der Waals surface area contributed by atoms with Gasteiger partial charge in [0.05, 0.1) is 23.0 Å². The molecule has 0 aliphatic carbocycles. The first kappa shape index (κ1) is 17.9. The Morgan fingerprint density at radius 3 is 3.00 bits per heavy atom. The van der Waals surface area contributed by atoms with Gasteiger partial charge >= 0.3 is 0 Å². The predicted octanol–water partition coefficient (Wildman–Crippen LogP) is 2.71. The fourth-order valence-corrected chi connectivity index (χ4v) is 3.67. The maximum absolute atomic E-state index is 14.1. The van der Waals surface area contributed by atoms with Crippen molar-refractivity contribution < 1.29 is 9.50 Å². The Labute approximate surface area is 156 Å². The smallest absolute Gasteiger partial charge is 0.189 e. The number of halogens is 1. The number of H-pyrrole nitrogens is 1. The minimum Gasteiger partial charge on any atom is -0.387 e. The van der Waals surface area contributed by atoms with Crippen LogP contribution >= 0.6 is 0 Å². The van der Waals surface area contributed by atoms with Gasteiger partial charge in [0.2, 0.25) is 0 Å². The van der Waals surface area contributed by atoms with Crippen LogP contribution in [0.1, 0.15) is 43.0 Å². The van der Waals surface area contributed by atoms with E-state index in [4.69, 9.17) is 0 Å². The summed E-state index contributed by atoms with van der Waals surface area (Å²) in [6.07, 6.45) is 1.00. The van der Waals surface area contributed by atoms with Crippen LogP contribution in [0.4, 0.5) is 4.39 Å². The van der Waals surface area contributed by atoms with E-state index in [0.717, 1.165) is 25.2 Å². The Morgan fingerprint density at radius 2 is 2.19 bits per heavy atom. The molecule has 0 unspecified atom stereocenters. The number of hydrogen-bond donors (Lipinski definition) is 2. The quantitative estimate of drug-likeness (QED) is 0.741. The van der Waals surface area contributed by atoms with Crippen molar-refractivity contribution in [2.75, 3.05) is 6.54 Å². The van der Waals surface area contributed by atoms with Crippen molar-refractivity contribution in [1.82, 2.24) is 19.7 Å². The molecule has 1 aliphatic heterocycles. The number of para-hydroxylation sites is 1. The third-order valence-electron chi connectivity index (χ3n) is 5.10. The number of nitrogens with zero attached hydrogens (tertiary/aromatic N) is 3. The zero-order valence-electron chi connectivity index (χ0n) is 15.3. The molecule has 2 aromatic heterocycles. The number of benzene rings is 1. The summed E-state index contributed by atoms with van der Waals surface area (Å²) in [5, 5.41) is 14.9. The minimum atomic E-state index is -0.544. The summed E-state index contributed by atoms with van der Waals surface area (Å²) in [6, 6.07) is 8.04. The molecule has 0 bridgehead atoms. The third kappa shape index (κ3) is 3.52. The average molecular weight is 370 g/mol. The summed E-state index contributed by atoms with van der Waals surface area (Å²) in [4.78, 5) is 17.6. The van der Waals surface area contributed by atoms with Gasteiger partial charge in [0.15, 0.2) is 5.43 Å². The van der Waals surface area contributed by atoms with Crippen molar-refractivity contribution in [3.8, 4) is 0 Å². The summed E-state index contributed by atoms with van der Waals surface area (Å²) in [5.41, 5.74) is 2.53. The molecule has 1 aliphatic rings. The number of pyridine rings is 1. The molecule has 0 radical (unpaired) electrons. The Balaban J connectivity index is 1.59. The first-order chi connectivity index (χ1) is 13.0. The van der Waals surface area contributed by atoms with Crippen molar-refractivity contribution in [3.63, 3.8) is 0 Å². The van der Waals surface area contributed by atoms with Gasteiger partial charge in [-0.2, -0.15) is 5.10 Å².